The highest BCUT2D eigenvalue weighted by Crippen LogP contribution is 2.42. The first-order valence-electron chi connectivity index (χ1n) is 22.0. The molecule has 4 heteroatoms. The third kappa shape index (κ3) is 5.73. The Balaban J connectivity index is 0.932. The fraction of sp³-hybridized carbons (Fsp3) is 0.0167. The number of hydrogen-bond donors (Lipinski definition) is 1. The zero-order valence-corrected chi connectivity index (χ0v) is 34.9. The maximum Gasteiger partial charge on any atom is 0.145 e. The monoisotopic (exact) mass is 816 g/mol. The van der Waals surface area contributed by atoms with Crippen molar-refractivity contribution in [3.05, 3.63) is 247 Å². The predicted octanol–water partition coefficient (Wildman–Crippen LogP) is 15.3. The fourth-order valence-electron chi connectivity index (χ4n) is 10.2. The molecule has 0 spiro atoms. The van der Waals surface area contributed by atoms with Gasteiger partial charge in [0.2, 0.25) is 0 Å². The number of hydrogen-bond acceptors (Lipinski definition) is 2. The number of para-hydroxylation sites is 3. The summed E-state index contributed by atoms with van der Waals surface area (Å²) in [4.78, 5) is 5.47. The van der Waals surface area contributed by atoms with Crippen LogP contribution in [-0.4, -0.2) is 14.8 Å². The molecule has 0 saturated heterocycles. The standard InChI is InChI=1S/C60H40N4/c1-3-14-39(15-4-1)40-26-28-43(29-27-40)60-61-58(52-37-32-41-16-7-8-19-48(41)59(52)62-60)42-30-34-46(35-31-42)63-54-24-12-10-21-51(54)57-47(22-13-25-55(57)63)44-33-36-50-49-20-9-11-23-53(49)64(56(50)38-44)45-17-5-2-6-18-45/h1-38,60,62H. The molecule has 0 saturated carbocycles. The topological polar surface area (TPSA) is 34.2 Å². The summed E-state index contributed by atoms with van der Waals surface area (Å²) < 4.78 is 4.82. The van der Waals surface area contributed by atoms with Crippen molar-refractivity contribution in [2.24, 2.45) is 4.99 Å². The van der Waals surface area contributed by atoms with Crippen LogP contribution in [0.15, 0.2) is 236 Å². The van der Waals surface area contributed by atoms with Crippen molar-refractivity contribution in [1.29, 1.82) is 0 Å². The first-order valence-corrected chi connectivity index (χ1v) is 22.0. The van der Waals surface area contributed by atoms with Crippen LogP contribution in [0.25, 0.3) is 88.0 Å². The van der Waals surface area contributed by atoms with Crippen LogP contribution in [0, 0.1) is 0 Å². The third-order valence-electron chi connectivity index (χ3n) is 13.2. The van der Waals surface area contributed by atoms with Crippen LogP contribution in [0.3, 0.4) is 0 Å². The van der Waals surface area contributed by atoms with Crippen LogP contribution in [0.1, 0.15) is 22.9 Å². The summed E-state index contributed by atoms with van der Waals surface area (Å²) in [5.41, 5.74) is 17.2. The average Bonchev–Trinajstić information content (AvgIpc) is 3.89. The van der Waals surface area contributed by atoms with Crippen molar-refractivity contribution in [2.75, 3.05) is 5.32 Å². The van der Waals surface area contributed by atoms with Gasteiger partial charge in [0.05, 0.1) is 33.5 Å². The highest BCUT2D eigenvalue weighted by atomic mass is 15.1. The summed E-state index contributed by atoms with van der Waals surface area (Å²) in [6, 6.07) is 83.4. The number of aromatic nitrogens is 2. The Labute approximate surface area is 370 Å². The largest absolute Gasteiger partial charge is 0.359 e. The van der Waals surface area contributed by atoms with E-state index in [1.165, 1.54) is 76.6 Å². The van der Waals surface area contributed by atoms with Crippen LogP contribution in [0.2, 0.25) is 0 Å². The molecular formula is C60H40N4. The van der Waals surface area contributed by atoms with Gasteiger partial charge >= 0.3 is 0 Å². The van der Waals surface area contributed by atoms with Crippen molar-refractivity contribution in [3.63, 3.8) is 0 Å². The molecule has 13 rings (SSSR count). The third-order valence-corrected chi connectivity index (χ3v) is 13.2. The number of aliphatic imine (C=N–C) groups is 1. The second kappa shape index (κ2) is 14.6. The van der Waals surface area contributed by atoms with Crippen LogP contribution < -0.4 is 5.32 Å². The van der Waals surface area contributed by atoms with Gasteiger partial charge in [-0.2, -0.15) is 0 Å². The molecule has 64 heavy (non-hydrogen) atoms. The second-order valence-corrected chi connectivity index (χ2v) is 16.7. The summed E-state index contributed by atoms with van der Waals surface area (Å²) in [6.07, 6.45) is -0.248. The molecule has 300 valence electrons. The number of nitrogens with zero attached hydrogens (tertiary/aromatic N) is 3. The highest BCUT2D eigenvalue weighted by molar-refractivity contribution is 6.21. The average molecular weight is 817 g/mol. The number of anilines is 1. The fourth-order valence-corrected chi connectivity index (χ4v) is 10.2. The smallest absolute Gasteiger partial charge is 0.145 e. The van der Waals surface area contributed by atoms with Gasteiger partial charge in [-0.05, 0) is 81.7 Å². The molecule has 4 nitrogen and oxygen atoms in total. The minimum Gasteiger partial charge on any atom is -0.359 e. The molecule has 1 aliphatic rings. The molecule has 3 heterocycles. The SMILES string of the molecule is c1ccc(-c2ccc(C3N=C(c4ccc(-n5c6ccccc6c6c(-c7ccc8c9ccccc9n(-c9ccccc9)c8c7)cccc65)cc4)c4ccc5ccccc5c4N3)cc2)cc1. The molecule has 10 aromatic carbocycles. The Hall–Kier alpha value is -8.47. The van der Waals surface area contributed by atoms with E-state index in [9.17, 15) is 0 Å². The van der Waals surface area contributed by atoms with Crippen molar-refractivity contribution >= 4 is 65.8 Å². The van der Waals surface area contributed by atoms with E-state index in [2.05, 4.69) is 245 Å². The van der Waals surface area contributed by atoms with E-state index >= 15 is 0 Å². The van der Waals surface area contributed by atoms with Gasteiger partial charge in [-0.25, -0.2) is 0 Å². The quantitative estimate of drug-likeness (QED) is 0.178. The van der Waals surface area contributed by atoms with Gasteiger partial charge in [0.15, 0.2) is 0 Å². The second-order valence-electron chi connectivity index (χ2n) is 16.7. The van der Waals surface area contributed by atoms with Gasteiger partial charge in [-0.15, -0.1) is 0 Å². The molecule has 0 fully saturated rings. The van der Waals surface area contributed by atoms with E-state index in [0.717, 1.165) is 39.5 Å². The number of rotatable bonds is 6. The summed E-state index contributed by atoms with van der Waals surface area (Å²) in [7, 11) is 0. The van der Waals surface area contributed by atoms with E-state index in [-0.39, 0.29) is 6.17 Å². The molecule has 0 amide bonds. The van der Waals surface area contributed by atoms with Gasteiger partial charge in [0, 0.05) is 49.4 Å². The first-order chi connectivity index (χ1) is 31.7. The summed E-state index contributed by atoms with van der Waals surface area (Å²) >= 11 is 0. The lowest BCUT2D eigenvalue weighted by molar-refractivity contribution is 0.830. The van der Waals surface area contributed by atoms with Crippen molar-refractivity contribution in [2.45, 2.75) is 6.17 Å². The number of nitrogens with one attached hydrogen (secondary N) is 1. The molecular weight excluding hydrogens is 777 g/mol. The Morgan fingerprint density at radius 3 is 1.73 bits per heavy atom. The molecule has 12 aromatic rings. The first kappa shape index (κ1) is 36.2. The van der Waals surface area contributed by atoms with Gasteiger partial charge in [0.25, 0.3) is 0 Å². The van der Waals surface area contributed by atoms with E-state index in [0.29, 0.717) is 0 Å². The van der Waals surface area contributed by atoms with Crippen LogP contribution in [0.4, 0.5) is 5.69 Å². The van der Waals surface area contributed by atoms with Crippen LogP contribution in [0.5, 0.6) is 0 Å². The van der Waals surface area contributed by atoms with Gasteiger partial charge in [-0.1, -0.05) is 182 Å². The zero-order chi connectivity index (χ0) is 42.1. The highest BCUT2D eigenvalue weighted by Gasteiger charge is 2.25. The van der Waals surface area contributed by atoms with Crippen molar-refractivity contribution in [3.8, 4) is 33.6 Å². The lowest BCUT2D eigenvalue weighted by Gasteiger charge is -2.28. The molecule has 1 atom stereocenters. The minimum atomic E-state index is -0.248. The van der Waals surface area contributed by atoms with Crippen LogP contribution in [-0.2, 0) is 0 Å². The number of fused-ring (bicyclic) bond motifs is 9. The minimum absolute atomic E-state index is 0.248. The van der Waals surface area contributed by atoms with E-state index in [1.54, 1.807) is 0 Å². The van der Waals surface area contributed by atoms with Crippen molar-refractivity contribution < 1.29 is 0 Å². The van der Waals surface area contributed by atoms with Crippen LogP contribution >= 0.6 is 0 Å². The predicted molar refractivity (Wildman–Crippen MR) is 268 cm³/mol. The van der Waals surface area contributed by atoms with E-state index in [4.69, 9.17) is 4.99 Å². The molecule has 1 N–H and O–H groups in total. The summed E-state index contributed by atoms with van der Waals surface area (Å²) in [5.74, 6) is 0. The van der Waals surface area contributed by atoms with Crippen molar-refractivity contribution in [1.82, 2.24) is 9.13 Å². The molecule has 2 aromatic heterocycles. The summed E-state index contributed by atoms with van der Waals surface area (Å²) in [6.45, 7) is 0. The Bertz CT molecular complexity index is 3780. The molecule has 0 radical (unpaired) electrons. The number of benzene rings is 10. The lowest BCUT2D eigenvalue weighted by atomic mass is 9.93. The molecule has 0 aliphatic carbocycles. The Morgan fingerprint density at radius 1 is 0.359 bits per heavy atom. The van der Waals surface area contributed by atoms with E-state index < -0.39 is 0 Å². The van der Waals surface area contributed by atoms with Gasteiger partial charge < -0.3 is 14.5 Å². The van der Waals surface area contributed by atoms with Gasteiger partial charge in [0.1, 0.15) is 6.17 Å². The Morgan fingerprint density at radius 2 is 0.938 bits per heavy atom. The maximum atomic E-state index is 5.47. The summed E-state index contributed by atoms with van der Waals surface area (Å²) in [5, 5.41) is 11.2. The molecule has 0 bridgehead atoms. The van der Waals surface area contributed by atoms with Gasteiger partial charge in [-0.3, -0.25) is 4.99 Å². The normalized spacial score (nSPS) is 13.7. The molecule has 1 aliphatic heterocycles. The maximum absolute atomic E-state index is 5.47. The Kier molecular flexibility index (Phi) is 8.25. The zero-order valence-electron chi connectivity index (χ0n) is 34.9. The van der Waals surface area contributed by atoms with E-state index in [1.807, 2.05) is 0 Å². The molecule has 1 unspecified atom stereocenters. The lowest BCUT2D eigenvalue weighted by Crippen LogP contribution is -2.21.